The van der Waals surface area contributed by atoms with Gasteiger partial charge < -0.3 is 0 Å². The molecule has 0 saturated carbocycles. The van der Waals surface area contributed by atoms with Crippen LogP contribution in [0.3, 0.4) is 0 Å². The van der Waals surface area contributed by atoms with Crippen molar-refractivity contribution in [3.8, 4) is 0 Å². The summed E-state index contributed by atoms with van der Waals surface area (Å²) in [6.45, 7) is 0. The summed E-state index contributed by atoms with van der Waals surface area (Å²) < 4.78 is 0. The van der Waals surface area contributed by atoms with Crippen molar-refractivity contribution in [1.82, 2.24) is 9.97 Å². The van der Waals surface area contributed by atoms with Gasteiger partial charge in [0.1, 0.15) is 0 Å². The van der Waals surface area contributed by atoms with E-state index in [0.717, 1.165) is 5.39 Å². The molecule has 0 saturated heterocycles. The Morgan fingerprint density at radius 2 is 2.17 bits per heavy atom. The number of rotatable bonds is 0. The van der Waals surface area contributed by atoms with Crippen molar-refractivity contribution in [3.63, 3.8) is 0 Å². The van der Waals surface area contributed by atoms with Crippen molar-refractivity contribution in [2.45, 2.75) is 0 Å². The van der Waals surface area contributed by atoms with Crippen molar-refractivity contribution in [2.75, 3.05) is 0 Å². The first kappa shape index (κ1) is 6.68. The largest absolute Gasteiger partial charge is 0.466 e. The number of hydrogen-bond acceptors (Lipinski definition) is 3. The standard InChI is InChI=1S/C8H5N4/c9-12-7-4-3-6-2-1-5-10-8(6)11-7/h1-5H/q+1. The number of diazo groups is 1. The van der Waals surface area contributed by atoms with Gasteiger partial charge in [-0.25, -0.2) is 4.98 Å². The molecule has 0 amide bonds. The van der Waals surface area contributed by atoms with Crippen LogP contribution in [0.4, 0.5) is 5.82 Å². The van der Waals surface area contributed by atoms with Gasteiger partial charge in [0, 0.05) is 16.6 Å². The molecule has 0 aliphatic carbocycles. The molecule has 0 N–H and O–H groups in total. The lowest BCUT2D eigenvalue weighted by Crippen LogP contribution is -1.80. The molecule has 4 nitrogen and oxygen atoms in total. The highest BCUT2D eigenvalue weighted by atomic mass is 15.0. The number of pyridine rings is 2. The Labute approximate surface area is 68.5 Å². The van der Waals surface area contributed by atoms with Crippen LogP contribution in [0.1, 0.15) is 0 Å². The zero-order chi connectivity index (χ0) is 8.39. The van der Waals surface area contributed by atoms with Crippen LogP contribution in [0.15, 0.2) is 30.5 Å². The van der Waals surface area contributed by atoms with E-state index in [1.165, 1.54) is 0 Å². The fraction of sp³-hybridized carbons (Fsp3) is 0. The highest BCUT2D eigenvalue weighted by Crippen LogP contribution is 2.13. The topological polar surface area (TPSA) is 53.9 Å². The highest BCUT2D eigenvalue weighted by Gasteiger charge is 2.07. The molecule has 0 unspecified atom stereocenters. The average molecular weight is 157 g/mol. The van der Waals surface area contributed by atoms with E-state index >= 15 is 0 Å². The predicted octanol–water partition coefficient (Wildman–Crippen LogP) is 2.11. The Bertz CT molecular complexity index is 458. The van der Waals surface area contributed by atoms with Crippen molar-refractivity contribution in [3.05, 3.63) is 35.4 Å². The molecule has 0 aromatic carbocycles. The third-order valence-electron chi connectivity index (χ3n) is 1.55. The van der Waals surface area contributed by atoms with Crippen LogP contribution in [0.2, 0.25) is 0 Å². The van der Waals surface area contributed by atoms with Gasteiger partial charge in [-0.2, -0.15) is 0 Å². The Morgan fingerprint density at radius 1 is 1.25 bits per heavy atom. The van der Waals surface area contributed by atoms with Crippen LogP contribution in [0.25, 0.3) is 16.0 Å². The normalized spacial score (nSPS) is 9.58. The van der Waals surface area contributed by atoms with Gasteiger partial charge in [-0.1, -0.05) is 0 Å². The zero-order valence-electron chi connectivity index (χ0n) is 6.18. The molecular formula is C8H5N4+. The molecule has 2 aromatic rings. The molecule has 0 aliphatic rings. The van der Waals surface area contributed by atoms with Gasteiger partial charge >= 0.3 is 5.82 Å². The molecule has 0 radical (unpaired) electrons. The van der Waals surface area contributed by atoms with E-state index in [2.05, 4.69) is 14.9 Å². The second-order valence-electron chi connectivity index (χ2n) is 2.32. The molecule has 56 valence electrons. The molecule has 4 heteroatoms. The van der Waals surface area contributed by atoms with Crippen LogP contribution in [-0.4, -0.2) is 9.97 Å². The SMILES string of the molecule is N#[N+]c1ccc2cccnc2n1. The summed E-state index contributed by atoms with van der Waals surface area (Å²) >= 11 is 0. The third kappa shape index (κ3) is 0.974. The van der Waals surface area contributed by atoms with Crippen LogP contribution >= 0.6 is 0 Å². The van der Waals surface area contributed by atoms with Crippen molar-refractivity contribution >= 4 is 16.9 Å². The summed E-state index contributed by atoms with van der Waals surface area (Å²) in [6, 6.07) is 7.17. The maximum absolute atomic E-state index is 8.43. The fourth-order valence-electron chi connectivity index (χ4n) is 0.999. The smallest absolute Gasteiger partial charge is 0.214 e. The lowest BCUT2D eigenvalue weighted by molar-refractivity contribution is 1.28. The van der Waals surface area contributed by atoms with E-state index in [1.807, 2.05) is 18.2 Å². The number of fused-ring (bicyclic) bond motifs is 1. The molecule has 0 spiro atoms. The molecule has 12 heavy (non-hydrogen) atoms. The monoisotopic (exact) mass is 157 g/mol. The predicted molar refractivity (Wildman–Crippen MR) is 44.3 cm³/mol. The molecule has 0 bridgehead atoms. The van der Waals surface area contributed by atoms with Crippen molar-refractivity contribution in [1.29, 1.82) is 5.39 Å². The van der Waals surface area contributed by atoms with Crippen LogP contribution in [-0.2, 0) is 0 Å². The summed E-state index contributed by atoms with van der Waals surface area (Å²) in [5.74, 6) is 0.279. The Morgan fingerprint density at radius 3 is 3.00 bits per heavy atom. The van der Waals surface area contributed by atoms with E-state index in [9.17, 15) is 0 Å². The zero-order valence-corrected chi connectivity index (χ0v) is 6.18. The van der Waals surface area contributed by atoms with E-state index in [0.29, 0.717) is 5.65 Å². The van der Waals surface area contributed by atoms with E-state index in [-0.39, 0.29) is 5.82 Å². The molecule has 0 aliphatic heterocycles. The van der Waals surface area contributed by atoms with Gasteiger partial charge in [0.2, 0.25) is 0 Å². The van der Waals surface area contributed by atoms with Gasteiger partial charge in [-0.15, -0.1) is 0 Å². The molecular weight excluding hydrogens is 152 g/mol. The maximum Gasteiger partial charge on any atom is 0.466 e. The first-order valence-electron chi connectivity index (χ1n) is 3.47. The second kappa shape index (κ2) is 2.55. The molecule has 2 aromatic heterocycles. The molecule has 0 fully saturated rings. The Hall–Kier alpha value is -2.02. The van der Waals surface area contributed by atoms with E-state index in [4.69, 9.17) is 5.39 Å². The van der Waals surface area contributed by atoms with Crippen LogP contribution < -0.4 is 0 Å². The Balaban J connectivity index is 2.78. The van der Waals surface area contributed by atoms with Gasteiger partial charge in [-0.05, 0) is 23.2 Å². The first-order chi connectivity index (χ1) is 5.90. The summed E-state index contributed by atoms with van der Waals surface area (Å²) in [6.07, 6.45) is 1.65. The lowest BCUT2D eigenvalue weighted by atomic mass is 10.3. The molecule has 0 atom stereocenters. The van der Waals surface area contributed by atoms with Gasteiger partial charge in [0.05, 0.1) is 11.5 Å². The van der Waals surface area contributed by atoms with Gasteiger partial charge in [0.15, 0.2) is 0 Å². The van der Waals surface area contributed by atoms with Crippen LogP contribution in [0.5, 0.6) is 0 Å². The highest BCUT2D eigenvalue weighted by molar-refractivity contribution is 5.76. The quantitative estimate of drug-likeness (QED) is 0.550. The van der Waals surface area contributed by atoms with E-state index < -0.39 is 0 Å². The van der Waals surface area contributed by atoms with Crippen molar-refractivity contribution in [2.24, 2.45) is 0 Å². The summed E-state index contributed by atoms with van der Waals surface area (Å²) in [7, 11) is 0. The van der Waals surface area contributed by atoms with Gasteiger partial charge in [-0.3, -0.25) is 0 Å². The minimum Gasteiger partial charge on any atom is -0.214 e. The van der Waals surface area contributed by atoms with E-state index in [1.54, 1.807) is 12.3 Å². The lowest BCUT2D eigenvalue weighted by Gasteiger charge is -1.85. The van der Waals surface area contributed by atoms with Gasteiger partial charge in [0.25, 0.3) is 5.65 Å². The fourth-order valence-corrected chi connectivity index (χ4v) is 0.999. The Kier molecular flexibility index (Phi) is 1.42. The minimum atomic E-state index is 0.279. The average Bonchev–Trinajstić information content (AvgIpc) is 2.17. The third-order valence-corrected chi connectivity index (χ3v) is 1.55. The molecule has 2 heterocycles. The second-order valence-corrected chi connectivity index (χ2v) is 2.32. The summed E-state index contributed by atoms with van der Waals surface area (Å²) in [4.78, 5) is 10.9. The number of hydrogen-bond donors (Lipinski definition) is 0. The van der Waals surface area contributed by atoms with Crippen molar-refractivity contribution < 1.29 is 0 Å². The first-order valence-corrected chi connectivity index (χ1v) is 3.47. The minimum absolute atomic E-state index is 0.279. The number of nitrogens with zero attached hydrogens (tertiary/aromatic N) is 4. The summed E-state index contributed by atoms with van der Waals surface area (Å²) in [5, 5.41) is 9.37. The number of aromatic nitrogens is 2. The molecule has 2 rings (SSSR count). The maximum atomic E-state index is 8.43. The van der Waals surface area contributed by atoms with Crippen LogP contribution in [0, 0.1) is 5.39 Å². The summed E-state index contributed by atoms with van der Waals surface area (Å²) in [5.41, 5.74) is 0.591.